The molecule has 1 amide bonds. The van der Waals surface area contributed by atoms with Gasteiger partial charge in [-0.05, 0) is 47.3 Å². The second kappa shape index (κ2) is 7.82. The Morgan fingerprint density at radius 3 is 2.72 bits per heavy atom. The molecular weight excluding hydrogens is 354 g/mol. The summed E-state index contributed by atoms with van der Waals surface area (Å²) in [4.78, 5) is 13.4. The molecule has 4 nitrogen and oxygen atoms in total. The summed E-state index contributed by atoms with van der Waals surface area (Å²) in [5, 5.41) is 19.9. The number of rotatable bonds is 7. The number of carbonyl (C=O) groups excluding carboxylic acids is 1. The molecule has 0 radical (unpaired) electrons. The third kappa shape index (κ3) is 3.76. The number of ether oxygens (including phenoxy) is 1. The van der Waals surface area contributed by atoms with Crippen LogP contribution >= 0.6 is 22.7 Å². The summed E-state index contributed by atoms with van der Waals surface area (Å²) < 4.78 is 5.51. The monoisotopic (exact) mass is 373 g/mol. The van der Waals surface area contributed by atoms with E-state index in [1.165, 1.54) is 22.7 Å². The number of benzene rings is 1. The van der Waals surface area contributed by atoms with Gasteiger partial charge in [0.05, 0.1) is 18.7 Å². The van der Waals surface area contributed by atoms with Crippen molar-refractivity contribution in [2.24, 2.45) is 0 Å². The van der Waals surface area contributed by atoms with Gasteiger partial charge < -0.3 is 15.2 Å². The molecule has 2 heterocycles. The Bertz CT molecular complexity index is 779. The van der Waals surface area contributed by atoms with Crippen molar-refractivity contribution in [3.8, 4) is 5.75 Å². The van der Waals surface area contributed by atoms with E-state index in [0.717, 1.165) is 10.4 Å². The lowest BCUT2D eigenvalue weighted by molar-refractivity contribution is 0.0719. The molecule has 0 aliphatic rings. The van der Waals surface area contributed by atoms with Crippen LogP contribution in [-0.4, -0.2) is 24.2 Å². The maximum atomic E-state index is 12.6. The summed E-state index contributed by atoms with van der Waals surface area (Å²) >= 11 is 2.98. The van der Waals surface area contributed by atoms with Gasteiger partial charge in [0.25, 0.3) is 5.91 Å². The lowest BCUT2D eigenvalue weighted by Crippen LogP contribution is -2.41. The summed E-state index contributed by atoms with van der Waals surface area (Å²) in [6, 6.07) is 12.8. The van der Waals surface area contributed by atoms with E-state index in [2.05, 4.69) is 5.32 Å². The van der Waals surface area contributed by atoms with Crippen molar-refractivity contribution in [3.63, 3.8) is 0 Å². The number of aliphatic hydroxyl groups is 1. The maximum Gasteiger partial charge on any atom is 0.255 e. The van der Waals surface area contributed by atoms with Gasteiger partial charge in [0, 0.05) is 10.4 Å². The molecule has 0 spiro atoms. The number of hydrogen-bond donors (Lipinski definition) is 2. The molecule has 0 fully saturated rings. The molecule has 3 rings (SSSR count). The van der Waals surface area contributed by atoms with Crippen LogP contribution in [0.1, 0.15) is 27.7 Å². The highest BCUT2D eigenvalue weighted by molar-refractivity contribution is 7.10. The van der Waals surface area contributed by atoms with Crippen LogP contribution in [0.25, 0.3) is 0 Å². The van der Waals surface area contributed by atoms with Gasteiger partial charge in [0.2, 0.25) is 0 Å². The first-order chi connectivity index (χ1) is 12.1. The maximum absolute atomic E-state index is 12.6. The highest BCUT2D eigenvalue weighted by Crippen LogP contribution is 2.33. The van der Waals surface area contributed by atoms with E-state index in [1.807, 2.05) is 47.3 Å². The standard InChI is InChI=1S/C19H19NO3S2/c1-2-23-16-7-4-3-6-15(16)18(21)20-13-19(22,14-9-11-24-12-14)17-8-5-10-25-17/h3-12,22H,2,13H2,1H3,(H,20,21). The lowest BCUT2D eigenvalue weighted by Gasteiger charge is -2.27. The topological polar surface area (TPSA) is 58.6 Å². The first kappa shape index (κ1) is 17.7. The molecule has 1 atom stereocenters. The normalized spacial score (nSPS) is 13.2. The third-order valence-electron chi connectivity index (χ3n) is 3.86. The molecule has 0 saturated heterocycles. The Balaban J connectivity index is 1.82. The van der Waals surface area contributed by atoms with Gasteiger partial charge in [-0.3, -0.25) is 4.79 Å². The molecule has 2 aromatic heterocycles. The van der Waals surface area contributed by atoms with Crippen LogP contribution in [0, 0.1) is 0 Å². The van der Waals surface area contributed by atoms with Gasteiger partial charge in [-0.1, -0.05) is 18.2 Å². The fourth-order valence-corrected chi connectivity index (χ4v) is 4.15. The second-order valence-electron chi connectivity index (χ2n) is 5.46. The van der Waals surface area contributed by atoms with Crippen LogP contribution in [0.2, 0.25) is 0 Å². The van der Waals surface area contributed by atoms with E-state index in [1.54, 1.807) is 18.2 Å². The fourth-order valence-electron chi connectivity index (χ4n) is 2.58. The molecule has 1 aromatic carbocycles. The van der Waals surface area contributed by atoms with Crippen molar-refractivity contribution in [3.05, 3.63) is 74.6 Å². The zero-order valence-corrected chi connectivity index (χ0v) is 15.4. The summed E-state index contributed by atoms with van der Waals surface area (Å²) in [5.41, 5.74) is -0.00811. The molecule has 0 bridgehead atoms. The minimum Gasteiger partial charge on any atom is -0.493 e. The van der Waals surface area contributed by atoms with Crippen LogP contribution in [0.15, 0.2) is 58.6 Å². The van der Waals surface area contributed by atoms with Gasteiger partial charge in [0.15, 0.2) is 0 Å². The average molecular weight is 373 g/mol. The van der Waals surface area contributed by atoms with Crippen LogP contribution in [0.3, 0.4) is 0 Å². The summed E-state index contributed by atoms with van der Waals surface area (Å²) in [5.74, 6) is 0.270. The number of thiophene rings is 2. The molecule has 6 heteroatoms. The second-order valence-corrected chi connectivity index (χ2v) is 7.19. The molecule has 2 N–H and O–H groups in total. The zero-order valence-electron chi connectivity index (χ0n) is 13.8. The highest BCUT2D eigenvalue weighted by Gasteiger charge is 2.34. The number of carbonyl (C=O) groups is 1. The predicted octanol–water partition coefficient (Wildman–Crippen LogP) is 3.87. The van der Waals surface area contributed by atoms with Crippen LogP contribution in [-0.2, 0) is 5.60 Å². The number of amides is 1. The highest BCUT2D eigenvalue weighted by atomic mass is 32.1. The van der Waals surface area contributed by atoms with E-state index in [4.69, 9.17) is 4.74 Å². The quantitative estimate of drug-likeness (QED) is 0.661. The molecule has 0 saturated carbocycles. The number of hydrogen-bond acceptors (Lipinski definition) is 5. The van der Waals surface area contributed by atoms with Crippen LogP contribution < -0.4 is 10.1 Å². The van der Waals surface area contributed by atoms with Gasteiger partial charge in [-0.25, -0.2) is 0 Å². The number of nitrogens with one attached hydrogen (secondary N) is 1. The van der Waals surface area contributed by atoms with Gasteiger partial charge >= 0.3 is 0 Å². The van der Waals surface area contributed by atoms with E-state index in [0.29, 0.717) is 17.9 Å². The average Bonchev–Trinajstić information content (AvgIpc) is 3.34. The van der Waals surface area contributed by atoms with Crippen molar-refractivity contribution in [2.75, 3.05) is 13.2 Å². The molecule has 25 heavy (non-hydrogen) atoms. The Kier molecular flexibility index (Phi) is 5.53. The summed E-state index contributed by atoms with van der Waals surface area (Å²) in [6.07, 6.45) is 0. The van der Waals surface area contributed by atoms with Crippen LogP contribution in [0.5, 0.6) is 5.75 Å². The minimum atomic E-state index is -1.25. The van der Waals surface area contributed by atoms with E-state index in [-0.39, 0.29) is 12.5 Å². The van der Waals surface area contributed by atoms with E-state index < -0.39 is 5.60 Å². The molecular formula is C19H19NO3S2. The summed E-state index contributed by atoms with van der Waals surface area (Å²) in [7, 11) is 0. The molecule has 3 aromatic rings. The fraction of sp³-hybridized carbons (Fsp3) is 0.211. The Labute approximate surface area is 154 Å². The minimum absolute atomic E-state index is 0.0868. The Morgan fingerprint density at radius 1 is 1.20 bits per heavy atom. The van der Waals surface area contributed by atoms with Gasteiger partial charge in [-0.15, -0.1) is 11.3 Å². The molecule has 1 unspecified atom stereocenters. The summed E-state index contributed by atoms with van der Waals surface area (Å²) in [6.45, 7) is 2.45. The molecule has 130 valence electrons. The first-order valence-corrected chi connectivity index (χ1v) is 9.76. The molecule has 0 aliphatic heterocycles. The SMILES string of the molecule is CCOc1ccccc1C(=O)NCC(O)(c1ccsc1)c1cccs1. The smallest absolute Gasteiger partial charge is 0.255 e. The Morgan fingerprint density at radius 2 is 2.04 bits per heavy atom. The van der Waals surface area contributed by atoms with Crippen molar-refractivity contribution in [1.29, 1.82) is 0 Å². The van der Waals surface area contributed by atoms with Crippen molar-refractivity contribution in [1.82, 2.24) is 5.32 Å². The van der Waals surface area contributed by atoms with Crippen molar-refractivity contribution >= 4 is 28.6 Å². The van der Waals surface area contributed by atoms with Crippen molar-refractivity contribution < 1.29 is 14.6 Å². The molecule has 0 aliphatic carbocycles. The van der Waals surface area contributed by atoms with Crippen LogP contribution in [0.4, 0.5) is 0 Å². The predicted molar refractivity (Wildman–Crippen MR) is 102 cm³/mol. The Hall–Kier alpha value is -2.15. The van der Waals surface area contributed by atoms with E-state index >= 15 is 0 Å². The van der Waals surface area contributed by atoms with E-state index in [9.17, 15) is 9.90 Å². The third-order valence-corrected chi connectivity index (χ3v) is 5.57. The van der Waals surface area contributed by atoms with Gasteiger partial charge in [0.1, 0.15) is 11.4 Å². The van der Waals surface area contributed by atoms with Gasteiger partial charge in [-0.2, -0.15) is 11.3 Å². The lowest BCUT2D eigenvalue weighted by atomic mass is 9.94. The first-order valence-electron chi connectivity index (χ1n) is 7.94. The number of para-hydroxylation sites is 1. The largest absolute Gasteiger partial charge is 0.493 e. The van der Waals surface area contributed by atoms with Crippen molar-refractivity contribution in [2.45, 2.75) is 12.5 Å². The zero-order chi connectivity index (χ0) is 17.7.